The van der Waals surface area contributed by atoms with Gasteiger partial charge in [0.05, 0.1) is 12.7 Å². The van der Waals surface area contributed by atoms with Gasteiger partial charge in [0, 0.05) is 18.5 Å². The Kier molecular flexibility index (Phi) is 5.31. The van der Waals surface area contributed by atoms with E-state index in [9.17, 15) is 9.90 Å². The summed E-state index contributed by atoms with van der Waals surface area (Å²) in [6.45, 7) is 6.52. The van der Waals surface area contributed by atoms with E-state index in [-0.39, 0.29) is 17.9 Å². The van der Waals surface area contributed by atoms with Gasteiger partial charge in [-0.05, 0) is 43.4 Å². The van der Waals surface area contributed by atoms with Crippen LogP contribution >= 0.6 is 0 Å². The molecule has 126 valence electrons. The zero-order chi connectivity index (χ0) is 17.0. The number of amides is 1. The van der Waals surface area contributed by atoms with Gasteiger partial charge in [0.1, 0.15) is 17.1 Å². The predicted octanol–water partition coefficient (Wildman–Crippen LogP) is 3.28. The number of fused-ring (bicyclic) bond motifs is 1. The fourth-order valence-electron chi connectivity index (χ4n) is 2.54. The number of furan rings is 1. The van der Waals surface area contributed by atoms with Gasteiger partial charge < -0.3 is 19.6 Å². The number of methoxy groups -OCH3 is 1. The molecule has 0 saturated heterocycles. The highest BCUT2D eigenvalue weighted by molar-refractivity contribution is 6.07. The molecule has 2 rings (SSSR count). The number of aryl methyl sites for hydroxylation is 1. The number of benzene rings is 1. The topological polar surface area (TPSA) is 71.7 Å². The van der Waals surface area contributed by atoms with Crippen LogP contribution in [0.3, 0.4) is 0 Å². The van der Waals surface area contributed by atoms with E-state index >= 15 is 0 Å². The average molecular weight is 319 g/mol. The van der Waals surface area contributed by atoms with Crippen molar-refractivity contribution < 1.29 is 19.1 Å². The number of carbonyl (C=O) groups is 1. The highest BCUT2D eigenvalue weighted by Crippen LogP contribution is 2.29. The number of nitrogens with one attached hydrogen (secondary N) is 1. The molecule has 0 spiro atoms. The van der Waals surface area contributed by atoms with Crippen molar-refractivity contribution in [2.45, 2.75) is 33.6 Å². The molecule has 5 nitrogen and oxygen atoms in total. The third kappa shape index (κ3) is 4.05. The molecule has 0 atom stereocenters. The lowest BCUT2D eigenvalue weighted by Crippen LogP contribution is -2.26. The Balaban J connectivity index is 2.07. The smallest absolute Gasteiger partial charge is 0.255 e. The van der Waals surface area contributed by atoms with Crippen molar-refractivity contribution in [3.63, 3.8) is 0 Å². The summed E-state index contributed by atoms with van der Waals surface area (Å²) >= 11 is 0. The maximum absolute atomic E-state index is 12.5. The Morgan fingerprint density at radius 2 is 2.13 bits per heavy atom. The van der Waals surface area contributed by atoms with Crippen LogP contribution in [0.2, 0.25) is 0 Å². The number of aliphatic hydroxyl groups is 1. The first-order valence-corrected chi connectivity index (χ1v) is 7.84. The van der Waals surface area contributed by atoms with E-state index in [0.717, 1.165) is 18.2 Å². The first kappa shape index (κ1) is 17.3. The number of carbonyl (C=O) groups excluding carboxylic acids is 1. The van der Waals surface area contributed by atoms with E-state index in [2.05, 4.69) is 5.32 Å². The summed E-state index contributed by atoms with van der Waals surface area (Å²) in [6.07, 6.45) is 1.67. The Labute approximate surface area is 136 Å². The molecule has 0 aliphatic carbocycles. The van der Waals surface area contributed by atoms with E-state index in [1.807, 2.05) is 32.0 Å². The van der Waals surface area contributed by atoms with E-state index in [4.69, 9.17) is 9.15 Å². The van der Waals surface area contributed by atoms with Crippen molar-refractivity contribution in [2.75, 3.05) is 20.3 Å². The third-order valence-electron chi connectivity index (χ3n) is 4.04. The molecule has 1 aromatic carbocycles. The van der Waals surface area contributed by atoms with E-state index in [0.29, 0.717) is 29.2 Å². The lowest BCUT2D eigenvalue weighted by molar-refractivity contribution is 0.0948. The molecule has 2 aromatic rings. The van der Waals surface area contributed by atoms with Crippen LogP contribution in [0.4, 0.5) is 0 Å². The number of ether oxygens (including phenoxy) is 1. The van der Waals surface area contributed by atoms with E-state index in [1.165, 1.54) is 0 Å². The van der Waals surface area contributed by atoms with Crippen molar-refractivity contribution in [2.24, 2.45) is 5.41 Å². The second kappa shape index (κ2) is 7.04. The quantitative estimate of drug-likeness (QED) is 0.768. The van der Waals surface area contributed by atoms with Gasteiger partial charge in [0.25, 0.3) is 5.91 Å². The molecule has 0 fully saturated rings. The molecular weight excluding hydrogens is 294 g/mol. The summed E-state index contributed by atoms with van der Waals surface area (Å²) in [5.74, 6) is 1.15. The highest BCUT2D eigenvalue weighted by Gasteiger charge is 2.19. The lowest BCUT2D eigenvalue weighted by atomic mass is 9.89. The summed E-state index contributed by atoms with van der Waals surface area (Å²) in [5.41, 5.74) is 1.12. The Morgan fingerprint density at radius 1 is 1.39 bits per heavy atom. The average Bonchev–Trinajstić information content (AvgIpc) is 2.86. The van der Waals surface area contributed by atoms with Crippen molar-refractivity contribution in [1.82, 2.24) is 5.32 Å². The number of hydrogen-bond acceptors (Lipinski definition) is 4. The van der Waals surface area contributed by atoms with Gasteiger partial charge in [-0.25, -0.2) is 0 Å². The van der Waals surface area contributed by atoms with Crippen molar-refractivity contribution in [3.8, 4) is 5.75 Å². The van der Waals surface area contributed by atoms with Crippen LogP contribution in [0.1, 0.15) is 42.8 Å². The molecule has 0 unspecified atom stereocenters. The second-order valence-corrected chi connectivity index (χ2v) is 6.58. The van der Waals surface area contributed by atoms with E-state index in [1.54, 1.807) is 14.0 Å². The summed E-state index contributed by atoms with van der Waals surface area (Å²) in [6, 6.07) is 5.43. The summed E-state index contributed by atoms with van der Waals surface area (Å²) < 4.78 is 10.9. The molecule has 0 aliphatic heterocycles. The van der Waals surface area contributed by atoms with Crippen LogP contribution in [0, 0.1) is 12.3 Å². The third-order valence-corrected chi connectivity index (χ3v) is 4.04. The summed E-state index contributed by atoms with van der Waals surface area (Å²) in [5, 5.41) is 12.9. The van der Waals surface area contributed by atoms with Gasteiger partial charge in [-0.15, -0.1) is 0 Å². The molecule has 1 heterocycles. The fourth-order valence-corrected chi connectivity index (χ4v) is 2.54. The summed E-state index contributed by atoms with van der Waals surface area (Å²) in [4.78, 5) is 12.5. The van der Waals surface area contributed by atoms with Gasteiger partial charge >= 0.3 is 0 Å². The minimum absolute atomic E-state index is 0.115. The first-order chi connectivity index (χ1) is 10.9. The van der Waals surface area contributed by atoms with Crippen molar-refractivity contribution in [3.05, 3.63) is 29.5 Å². The van der Waals surface area contributed by atoms with E-state index < -0.39 is 0 Å². The van der Waals surface area contributed by atoms with Gasteiger partial charge in [0.2, 0.25) is 0 Å². The maximum atomic E-state index is 12.5. The molecule has 5 heteroatoms. The van der Waals surface area contributed by atoms with Gasteiger partial charge in [-0.3, -0.25) is 4.79 Å². The molecule has 1 amide bonds. The molecule has 0 aliphatic rings. The second-order valence-electron chi connectivity index (χ2n) is 6.58. The normalized spacial score (nSPS) is 11.7. The first-order valence-electron chi connectivity index (χ1n) is 7.84. The van der Waals surface area contributed by atoms with Crippen LogP contribution in [0.5, 0.6) is 5.75 Å². The van der Waals surface area contributed by atoms with Gasteiger partial charge in [-0.1, -0.05) is 13.8 Å². The predicted molar refractivity (Wildman–Crippen MR) is 89.9 cm³/mol. The van der Waals surface area contributed by atoms with Crippen molar-refractivity contribution in [1.29, 1.82) is 0 Å². The molecule has 23 heavy (non-hydrogen) atoms. The minimum atomic E-state index is -0.142. The molecular formula is C18H25NO4. The Bertz CT molecular complexity index is 688. The summed E-state index contributed by atoms with van der Waals surface area (Å²) in [7, 11) is 1.59. The SMILES string of the molecule is COc1ccc2oc(C)c(C(=O)NCCCC(C)(C)CO)c2c1. The standard InChI is InChI=1S/C18H25NO4/c1-12-16(14-10-13(22-4)6-7-15(14)23-12)17(21)19-9-5-8-18(2,3)11-20/h6-7,10,20H,5,8-9,11H2,1-4H3,(H,19,21). The number of rotatable bonds is 7. The maximum Gasteiger partial charge on any atom is 0.255 e. The van der Waals surface area contributed by atoms with Crippen LogP contribution in [-0.2, 0) is 0 Å². The molecule has 0 bridgehead atoms. The molecule has 2 N–H and O–H groups in total. The van der Waals surface area contributed by atoms with Crippen LogP contribution in [0.15, 0.2) is 22.6 Å². The largest absolute Gasteiger partial charge is 0.497 e. The van der Waals surface area contributed by atoms with Crippen LogP contribution in [0.25, 0.3) is 11.0 Å². The van der Waals surface area contributed by atoms with Gasteiger partial charge in [-0.2, -0.15) is 0 Å². The zero-order valence-corrected chi connectivity index (χ0v) is 14.2. The number of aliphatic hydroxyl groups excluding tert-OH is 1. The fraction of sp³-hybridized carbons (Fsp3) is 0.500. The minimum Gasteiger partial charge on any atom is -0.497 e. The van der Waals surface area contributed by atoms with Crippen molar-refractivity contribution >= 4 is 16.9 Å². The Hall–Kier alpha value is -2.01. The Morgan fingerprint density at radius 3 is 2.78 bits per heavy atom. The van der Waals surface area contributed by atoms with Crippen LogP contribution in [-0.4, -0.2) is 31.3 Å². The van der Waals surface area contributed by atoms with Crippen LogP contribution < -0.4 is 10.1 Å². The molecule has 1 aromatic heterocycles. The molecule has 0 saturated carbocycles. The molecule has 0 radical (unpaired) electrons. The monoisotopic (exact) mass is 319 g/mol. The lowest BCUT2D eigenvalue weighted by Gasteiger charge is -2.21. The zero-order valence-electron chi connectivity index (χ0n) is 14.2. The highest BCUT2D eigenvalue weighted by atomic mass is 16.5. The van der Waals surface area contributed by atoms with Gasteiger partial charge in [0.15, 0.2) is 0 Å². The number of hydrogen-bond donors (Lipinski definition) is 2.